The predicted octanol–water partition coefficient (Wildman–Crippen LogP) is 1.98. The summed E-state index contributed by atoms with van der Waals surface area (Å²) in [6, 6.07) is 7.86. The molecule has 2 aliphatic heterocycles. The smallest absolute Gasteiger partial charge is 0.232 e. The normalized spacial score (nSPS) is 25.3. The Bertz CT molecular complexity index is 527. The lowest BCUT2D eigenvalue weighted by Crippen LogP contribution is -2.30. The van der Waals surface area contributed by atoms with Crippen molar-refractivity contribution in [2.75, 3.05) is 18.4 Å². The van der Waals surface area contributed by atoms with Crippen LogP contribution in [-0.2, 0) is 9.59 Å². The van der Waals surface area contributed by atoms with Crippen LogP contribution in [0.25, 0.3) is 0 Å². The fourth-order valence-corrected chi connectivity index (χ4v) is 3.21. The summed E-state index contributed by atoms with van der Waals surface area (Å²) in [5.74, 6) is 0.427. The second kappa shape index (κ2) is 4.68. The van der Waals surface area contributed by atoms with Crippen molar-refractivity contribution in [3.05, 3.63) is 29.8 Å². The molecule has 1 aromatic carbocycles. The maximum atomic E-state index is 12.1. The number of rotatable bonds is 2. The Balaban J connectivity index is 1.81. The minimum atomic E-state index is -0.0918. The molecule has 1 fully saturated rings. The van der Waals surface area contributed by atoms with E-state index in [0.717, 1.165) is 24.2 Å². The van der Waals surface area contributed by atoms with E-state index in [0.29, 0.717) is 13.0 Å². The van der Waals surface area contributed by atoms with Crippen LogP contribution in [0.15, 0.2) is 24.3 Å². The summed E-state index contributed by atoms with van der Waals surface area (Å²) >= 11 is 0. The van der Waals surface area contributed by atoms with Crippen molar-refractivity contribution in [2.45, 2.75) is 25.7 Å². The molecule has 1 saturated heterocycles. The highest BCUT2D eigenvalue weighted by Crippen LogP contribution is 2.40. The van der Waals surface area contributed by atoms with Gasteiger partial charge in [-0.05, 0) is 24.0 Å². The lowest BCUT2D eigenvalue weighted by Gasteiger charge is -2.18. The highest BCUT2D eigenvalue weighted by Gasteiger charge is 2.40. The Morgan fingerprint density at radius 2 is 2.21 bits per heavy atom. The first-order chi connectivity index (χ1) is 9.20. The maximum Gasteiger partial charge on any atom is 0.232 e. The minimum absolute atomic E-state index is 0.0806. The lowest BCUT2D eigenvalue weighted by molar-refractivity contribution is -0.130. The quantitative estimate of drug-likeness (QED) is 0.881. The van der Waals surface area contributed by atoms with Crippen LogP contribution in [0, 0.1) is 5.92 Å². The van der Waals surface area contributed by atoms with Crippen LogP contribution in [0.2, 0.25) is 0 Å². The molecule has 0 aromatic heterocycles. The number of hydrogen-bond donors (Lipinski definition) is 1. The second-order valence-electron chi connectivity index (χ2n) is 5.30. The number of hydrogen-bond acceptors (Lipinski definition) is 2. The molecule has 19 heavy (non-hydrogen) atoms. The summed E-state index contributed by atoms with van der Waals surface area (Å²) in [7, 11) is 0. The Kier molecular flexibility index (Phi) is 3.01. The zero-order valence-corrected chi connectivity index (χ0v) is 11.1. The number of carbonyl (C=O) groups excluding carboxylic acids is 2. The van der Waals surface area contributed by atoms with Crippen LogP contribution in [0.4, 0.5) is 5.69 Å². The zero-order valence-electron chi connectivity index (χ0n) is 11.1. The maximum absolute atomic E-state index is 12.1. The number of para-hydroxylation sites is 1. The third kappa shape index (κ3) is 2.01. The molecule has 0 spiro atoms. The van der Waals surface area contributed by atoms with E-state index in [1.165, 1.54) is 0 Å². The molecule has 0 radical (unpaired) electrons. The Morgan fingerprint density at radius 3 is 3.00 bits per heavy atom. The van der Waals surface area contributed by atoms with Crippen molar-refractivity contribution in [3.8, 4) is 0 Å². The van der Waals surface area contributed by atoms with Crippen LogP contribution in [-0.4, -0.2) is 29.8 Å². The van der Waals surface area contributed by atoms with Crippen molar-refractivity contribution < 1.29 is 9.59 Å². The summed E-state index contributed by atoms with van der Waals surface area (Å²) in [5.41, 5.74) is 2.01. The van der Waals surface area contributed by atoms with E-state index in [4.69, 9.17) is 0 Å². The van der Waals surface area contributed by atoms with Gasteiger partial charge in [-0.25, -0.2) is 0 Å². The van der Waals surface area contributed by atoms with Gasteiger partial charge in [-0.1, -0.05) is 25.1 Å². The summed E-state index contributed by atoms with van der Waals surface area (Å²) < 4.78 is 0. The fraction of sp³-hybridized carbons (Fsp3) is 0.467. The summed E-state index contributed by atoms with van der Waals surface area (Å²) in [4.78, 5) is 25.8. The van der Waals surface area contributed by atoms with Gasteiger partial charge in [0.05, 0.1) is 5.92 Å². The standard InChI is InChI=1S/C15H18N2O2/c1-2-13(18)17-8-7-10(9-17)14-11-5-3-4-6-12(11)16-15(14)19/h3-6,10,14H,2,7-9H2,1H3,(H,16,19)/t10-,14-/m0/s1. The number of likely N-dealkylation sites (tertiary alicyclic amines) is 1. The van der Waals surface area contributed by atoms with Gasteiger partial charge in [0.1, 0.15) is 0 Å². The molecule has 2 aliphatic rings. The first-order valence-corrected chi connectivity index (χ1v) is 6.88. The van der Waals surface area contributed by atoms with Gasteiger partial charge in [0.25, 0.3) is 0 Å². The number of nitrogens with zero attached hydrogens (tertiary/aromatic N) is 1. The SMILES string of the molecule is CCC(=O)N1CC[C@H]([C@@H]2C(=O)Nc3ccccc32)C1. The second-order valence-corrected chi connectivity index (χ2v) is 5.30. The molecule has 0 bridgehead atoms. The molecule has 2 amide bonds. The summed E-state index contributed by atoms with van der Waals surface area (Å²) in [6.45, 7) is 3.37. The highest BCUT2D eigenvalue weighted by atomic mass is 16.2. The van der Waals surface area contributed by atoms with E-state index < -0.39 is 0 Å². The molecule has 0 aliphatic carbocycles. The molecule has 0 saturated carbocycles. The summed E-state index contributed by atoms with van der Waals surface area (Å²) in [6.07, 6.45) is 1.46. The molecule has 0 unspecified atom stereocenters. The van der Waals surface area contributed by atoms with Gasteiger partial charge < -0.3 is 10.2 Å². The summed E-state index contributed by atoms with van der Waals surface area (Å²) in [5, 5.41) is 2.94. The van der Waals surface area contributed by atoms with Gasteiger partial charge in [0.2, 0.25) is 11.8 Å². The van der Waals surface area contributed by atoms with Gasteiger partial charge >= 0.3 is 0 Å². The third-order valence-corrected chi connectivity index (χ3v) is 4.19. The molecule has 4 heteroatoms. The van der Waals surface area contributed by atoms with Crippen LogP contribution in [0.1, 0.15) is 31.2 Å². The molecule has 1 N–H and O–H groups in total. The highest BCUT2D eigenvalue weighted by molar-refractivity contribution is 6.03. The Hall–Kier alpha value is -1.84. The predicted molar refractivity (Wildman–Crippen MR) is 72.8 cm³/mol. The van der Waals surface area contributed by atoms with Gasteiger partial charge in [-0.2, -0.15) is 0 Å². The van der Waals surface area contributed by atoms with Crippen LogP contribution >= 0.6 is 0 Å². The molecule has 3 rings (SSSR count). The first kappa shape index (κ1) is 12.2. The van der Waals surface area contributed by atoms with Crippen molar-refractivity contribution in [1.82, 2.24) is 4.90 Å². The average Bonchev–Trinajstić information content (AvgIpc) is 3.00. The molecule has 2 heterocycles. The average molecular weight is 258 g/mol. The monoisotopic (exact) mass is 258 g/mol. The lowest BCUT2D eigenvalue weighted by atomic mass is 9.86. The molecule has 4 nitrogen and oxygen atoms in total. The van der Waals surface area contributed by atoms with Crippen molar-refractivity contribution in [3.63, 3.8) is 0 Å². The van der Waals surface area contributed by atoms with E-state index in [2.05, 4.69) is 5.32 Å². The van der Waals surface area contributed by atoms with E-state index >= 15 is 0 Å². The van der Waals surface area contributed by atoms with Crippen LogP contribution < -0.4 is 5.32 Å². The third-order valence-electron chi connectivity index (χ3n) is 4.19. The van der Waals surface area contributed by atoms with Crippen LogP contribution in [0.5, 0.6) is 0 Å². The number of fused-ring (bicyclic) bond motifs is 1. The van der Waals surface area contributed by atoms with Gasteiger partial charge in [-0.3, -0.25) is 9.59 Å². The van der Waals surface area contributed by atoms with Gasteiger partial charge in [0.15, 0.2) is 0 Å². The van der Waals surface area contributed by atoms with E-state index in [1.54, 1.807) is 0 Å². The van der Waals surface area contributed by atoms with Crippen molar-refractivity contribution in [1.29, 1.82) is 0 Å². The van der Waals surface area contributed by atoms with Gasteiger partial charge in [0, 0.05) is 25.2 Å². The van der Waals surface area contributed by atoms with E-state index in [-0.39, 0.29) is 23.7 Å². The van der Waals surface area contributed by atoms with Crippen molar-refractivity contribution >= 4 is 17.5 Å². The number of amides is 2. The number of benzene rings is 1. The molecular weight excluding hydrogens is 240 g/mol. The zero-order chi connectivity index (χ0) is 13.4. The van der Waals surface area contributed by atoms with Gasteiger partial charge in [-0.15, -0.1) is 0 Å². The van der Waals surface area contributed by atoms with Crippen molar-refractivity contribution in [2.24, 2.45) is 5.92 Å². The molecule has 100 valence electrons. The van der Waals surface area contributed by atoms with E-state index in [9.17, 15) is 9.59 Å². The number of anilines is 1. The van der Waals surface area contributed by atoms with E-state index in [1.807, 2.05) is 36.1 Å². The largest absolute Gasteiger partial charge is 0.342 e. The topological polar surface area (TPSA) is 49.4 Å². The number of nitrogens with one attached hydrogen (secondary N) is 1. The fourth-order valence-electron chi connectivity index (χ4n) is 3.21. The molecule has 1 aromatic rings. The molecular formula is C15H18N2O2. The Labute approximate surface area is 112 Å². The number of carbonyl (C=O) groups is 2. The van der Waals surface area contributed by atoms with Crippen LogP contribution in [0.3, 0.4) is 0 Å². The Morgan fingerprint density at radius 1 is 1.42 bits per heavy atom. The minimum Gasteiger partial charge on any atom is -0.342 e. The first-order valence-electron chi connectivity index (χ1n) is 6.88. The molecule has 2 atom stereocenters.